The van der Waals surface area contributed by atoms with Gasteiger partial charge in [-0.2, -0.15) is 0 Å². The van der Waals surface area contributed by atoms with Crippen molar-refractivity contribution in [2.24, 2.45) is 0 Å². The number of halogens is 1. The summed E-state index contributed by atoms with van der Waals surface area (Å²) in [4.78, 5) is 13.1. The molecule has 2 aromatic carbocycles. The first kappa shape index (κ1) is 18.5. The van der Waals surface area contributed by atoms with Gasteiger partial charge >= 0.3 is 0 Å². The highest BCUT2D eigenvalue weighted by Gasteiger charge is 2.45. The quantitative estimate of drug-likeness (QED) is 0.842. The van der Waals surface area contributed by atoms with E-state index in [1.807, 2.05) is 0 Å². The van der Waals surface area contributed by atoms with Crippen molar-refractivity contribution in [3.8, 4) is 0 Å². The fourth-order valence-electron chi connectivity index (χ4n) is 3.29. The number of carbonyl (C=O) groups excluding carboxylic acids is 1. The molecule has 0 heterocycles. The van der Waals surface area contributed by atoms with Crippen LogP contribution in [0.1, 0.15) is 30.4 Å². The second-order valence-corrected chi connectivity index (χ2v) is 8.44. The van der Waals surface area contributed by atoms with Crippen LogP contribution in [0.3, 0.4) is 0 Å². The van der Waals surface area contributed by atoms with Gasteiger partial charge in [0.15, 0.2) is 0 Å². The molecule has 0 bridgehead atoms. The molecule has 7 heteroatoms. The third-order valence-corrected chi connectivity index (χ3v) is 6.58. The molecule has 0 aliphatic heterocycles. The van der Waals surface area contributed by atoms with Crippen LogP contribution in [0, 0.1) is 12.7 Å². The fraction of sp³-hybridized carbons (Fsp3) is 0.316. The van der Waals surface area contributed by atoms with Crippen molar-refractivity contribution in [1.29, 1.82) is 0 Å². The lowest BCUT2D eigenvalue weighted by molar-refractivity contribution is -0.124. The summed E-state index contributed by atoms with van der Waals surface area (Å²) < 4.78 is 40.1. The van der Waals surface area contributed by atoms with Crippen molar-refractivity contribution < 1.29 is 17.6 Å². The van der Waals surface area contributed by atoms with Crippen LogP contribution in [0.25, 0.3) is 0 Å². The summed E-state index contributed by atoms with van der Waals surface area (Å²) >= 11 is 0. The maximum absolute atomic E-state index is 13.6. The zero-order chi connectivity index (χ0) is 18.9. The summed E-state index contributed by atoms with van der Waals surface area (Å²) in [7, 11) is -2.28. The Bertz CT molecular complexity index is 953. The van der Waals surface area contributed by atoms with Crippen LogP contribution in [0.2, 0.25) is 0 Å². The zero-order valence-corrected chi connectivity index (χ0v) is 15.5. The molecule has 2 N–H and O–H groups in total. The van der Waals surface area contributed by atoms with E-state index in [0.717, 1.165) is 6.42 Å². The molecule has 0 saturated heterocycles. The van der Waals surface area contributed by atoms with Crippen LogP contribution in [0.5, 0.6) is 0 Å². The average molecular weight is 376 g/mol. The number of sulfonamides is 1. The van der Waals surface area contributed by atoms with E-state index in [9.17, 15) is 17.6 Å². The summed E-state index contributed by atoms with van der Waals surface area (Å²) in [6, 6.07) is 10.9. The Balaban J connectivity index is 1.91. The lowest BCUT2D eigenvalue weighted by atomic mass is 9.63. The van der Waals surface area contributed by atoms with Crippen LogP contribution in [0.15, 0.2) is 47.4 Å². The van der Waals surface area contributed by atoms with E-state index in [1.54, 1.807) is 31.2 Å². The van der Waals surface area contributed by atoms with Gasteiger partial charge in [0.1, 0.15) is 5.82 Å². The van der Waals surface area contributed by atoms with Gasteiger partial charge in [-0.05, 0) is 62.2 Å². The Kier molecular flexibility index (Phi) is 4.86. The molecule has 0 radical (unpaired) electrons. The Morgan fingerprint density at radius 2 is 1.88 bits per heavy atom. The molecular formula is C19H21FN2O3S. The first-order valence-electron chi connectivity index (χ1n) is 8.40. The summed E-state index contributed by atoms with van der Waals surface area (Å²) in [5.74, 6) is -0.620. The number of hydrogen-bond donors (Lipinski definition) is 2. The second-order valence-electron chi connectivity index (χ2n) is 6.59. The van der Waals surface area contributed by atoms with Gasteiger partial charge in [-0.1, -0.05) is 24.6 Å². The second kappa shape index (κ2) is 6.81. The summed E-state index contributed by atoms with van der Waals surface area (Å²) in [6.07, 6.45) is 2.16. The molecule has 1 aliphatic rings. The SMILES string of the molecule is CNS(=O)(=O)c1cc(NC(=O)C2(c3cccc(F)c3)CCC2)ccc1C. The third kappa shape index (κ3) is 3.24. The fourth-order valence-corrected chi connectivity index (χ4v) is 4.29. The Morgan fingerprint density at radius 1 is 1.15 bits per heavy atom. The van der Waals surface area contributed by atoms with Crippen LogP contribution in [0.4, 0.5) is 10.1 Å². The number of aryl methyl sites for hydroxylation is 1. The molecule has 0 unspecified atom stereocenters. The van der Waals surface area contributed by atoms with Crippen molar-refractivity contribution in [3.63, 3.8) is 0 Å². The molecule has 0 atom stereocenters. The number of carbonyl (C=O) groups is 1. The molecule has 2 aromatic rings. The maximum atomic E-state index is 13.6. The Morgan fingerprint density at radius 3 is 2.46 bits per heavy atom. The molecule has 5 nitrogen and oxygen atoms in total. The van der Waals surface area contributed by atoms with E-state index < -0.39 is 15.4 Å². The molecule has 3 rings (SSSR count). The molecule has 0 spiro atoms. The number of benzene rings is 2. The predicted molar refractivity (Wildman–Crippen MR) is 98.0 cm³/mol. The van der Waals surface area contributed by atoms with Gasteiger partial charge in [-0.3, -0.25) is 4.79 Å². The zero-order valence-electron chi connectivity index (χ0n) is 14.7. The number of hydrogen-bond acceptors (Lipinski definition) is 3. The van der Waals surface area contributed by atoms with E-state index >= 15 is 0 Å². The standard InChI is InChI=1S/C19H21FN2O3S/c1-13-7-8-16(12-17(13)26(24,25)21-2)22-18(23)19(9-4-10-19)14-5-3-6-15(20)11-14/h3,5-8,11-12,21H,4,9-10H2,1-2H3,(H,22,23). The monoisotopic (exact) mass is 376 g/mol. The molecule has 1 amide bonds. The smallest absolute Gasteiger partial charge is 0.240 e. The molecular weight excluding hydrogens is 355 g/mol. The molecule has 1 aliphatic carbocycles. The van der Waals surface area contributed by atoms with Crippen molar-refractivity contribution in [2.45, 2.75) is 36.5 Å². The van der Waals surface area contributed by atoms with Crippen molar-refractivity contribution in [3.05, 3.63) is 59.4 Å². The summed E-state index contributed by atoms with van der Waals surface area (Å²) in [5, 5.41) is 2.81. The number of rotatable bonds is 5. The van der Waals surface area contributed by atoms with Gasteiger partial charge in [-0.15, -0.1) is 0 Å². The first-order valence-corrected chi connectivity index (χ1v) is 9.88. The highest BCUT2D eigenvalue weighted by molar-refractivity contribution is 7.89. The first-order chi connectivity index (χ1) is 12.3. The van der Waals surface area contributed by atoms with E-state index in [4.69, 9.17) is 0 Å². The molecule has 0 aromatic heterocycles. The van der Waals surface area contributed by atoms with Gasteiger partial charge in [-0.25, -0.2) is 17.5 Å². The highest BCUT2D eigenvalue weighted by atomic mass is 32.2. The topological polar surface area (TPSA) is 75.3 Å². The van der Waals surface area contributed by atoms with Crippen LogP contribution < -0.4 is 10.0 Å². The Hall–Kier alpha value is -2.25. The van der Waals surface area contributed by atoms with E-state index in [1.165, 1.54) is 25.2 Å². The van der Waals surface area contributed by atoms with Crippen LogP contribution >= 0.6 is 0 Å². The Labute approximate surface area is 152 Å². The molecule has 1 fully saturated rings. The van der Waals surface area contributed by atoms with Gasteiger partial charge in [0.2, 0.25) is 15.9 Å². The van der Waals surface area contributed by atoms with Crippen molar-refractivity contribution in [2.75, 3.05) is 12.4 Å². The van der Waals surface area contributed by atoms with Crippen LogP contribution in [-0.4, -0.2) is 21.4 Å². The summed E-state index contributed by atoms with van der Waals surface area (Å²) in [5.41, 5.74) is 0.865. The number of amides is 1. The van der Waals surface area contributed by atoms with Gasteiger partial charge in [0.05, 0.1) is 10.3 Å². The molecule has 138 valence electrons. The van der Waals surface area contributed by atoms with Crippen molar-refractivity contribution >= 4 is 21.6 Å². The minimum atomic E-state index is -3.62. The van der Waals surface area contributed by atoms with Crippen molar-refractivity contribution in [1.82, 2.24) is 4.72 Å². The number of anilines is 1. The minimum absolute atomic E-state index is 0.117. The molecule has 1 saturated carbocycles. The van der Waals surface area contributed by atoms with E-state index in [0.29, 0.717) is 29.7 Å². The van der Waals surface area contributed by atoms with E-state index in [2.05, 4.69) is 10.0 Å². The third-order valence-electron chi connectivity index (χ3n) is 5.02. The van der Waals surface area contributed by atoms with Gasteiger partial charge in [0, 0.05) is 5.69 Å². The summed E-state index contributed by atoms with van der Waals surface area (Å²) in [6.45, 7) is 1.69. The average Bonchev–Trinajstić information content (AvgIpc) is 2.55. The lowest BCUT2D eigenvalue weighted by Gasteiger charge is -2.40. The number of nitrogens with one attached hydrogen (secondary N) is 2. The van der Waals surface area contributed by atoms with Gasteiger partial charge in [0.25, 0.3) is 0 Å². The highest BCUT2D eigenvalue weighted by Crippen LogP contribution is 2.44. The van der Waals surface area contributed by atoms with Gasteiger partial charge < -0.3 is 5.32 Å². The largest absolute Gasteiger partial charge is 0.325 e. The predicted octanol–water partition coefficient (Wildman–Crippen LogP) is 3.10. The van der Waals surface area contributed by atoms with Crippen LogP contribution in [-0.2, 0) is 20.2 Å². The minimum Gasteiger partial charge on any atom is -0.325 e. The molecule has 26 heavy (non-hydrogen) atoms. The van der Waals surface area contributed by atoms with E-state index in [-0.39, 0.29) is 16.6 Å². The lowest BCUT2D eigenvalue weighted by Crippen LogP contribution is -2.46. The maximum Gasteiger partial charge on any atom is 0.240 e. The normalized spacial score (nSPS) is 16.0.